The molecule has 0 spiro atoms. The summed E-state index contributed by atoms with van der Waals surface area (Å²) in [4.78, 5) is 25.2. The molecule has 0 heterocycles. The largest absolute Gasteiger partial charge is 0.462 e. The summed E-state index contributed by atoms with van der Waals surface area (Å²) in [6.07, 6.45) is 13.7. The Morgan fingerprint density at radius 1 is 0.667 bits per heavy atom. The van der Waals surface area contributed by atoms with Crippen molar-refractivity contribution in [3.05, 3.63) is 35.4 Å². The zero-order valence-electron chi connectivity index (χ0n) is 21.0. The van der Waals surface area contributed by atoms with Gasteiger partial charge in [0.25, 0.3) is 0 Å². The number of carbonyl (C=O) groups excluding carboxylic acids is 2. The Labute approximate surface area is 203 Å². The van der Waals surface area contributed by atoms with Crippen molar-refractivity contribution in [1.82, 2.24) is 0 Å². The van der Waals surface area contributed by atoms with Crippen LogP contribution in [0.4, 0.5) is 0 Å². The molecule has 0 amide bonds. The Hall–Kier alpha value is -1.84. The molecule has 0 saturated heterocycles. The lowest BCUT2D eigenvalue weighted by Crippen LogP contribution is -2.16. The Morgan fingerprint density at radius 2 is 1.09 bits per heavy atom. The predicted octanol–water partition coefficient (Wildman–Crippen LogP) is 8.63. The molecule has 2 atom stereocenters. The lowest BCUT2D eigenvalue weighted by molar-refractivity contribution is 0.0421. The molecule has 0 aliphatic carbocycles. The molecule has 190 valence electrons. The van der Waals surface area contributed by atoms with Crippen molar-refractivity contribution in [2.45, 2.75) is 112 Å². The quantitative estimate of drug-likeness (QED) is 0.162. The van der Waals surface area contributed by atoms with Crippen LogP contribution in [0.2, 0.25) is 0 Å². The van der Waals surface area contributed by atoms with E-state index in [2.05, 4.69) is 27.7 Å². The summed E-state index contributed by atoms with van der Waals surface area (Å²) >= 11 is 0. The van der Waals surface area contributed by atoms with Gasteiger partial charge in [-0.1, -0.05) is 92.6 Å². The second-order valence-corrected chi connectivity index (χ2v) is 9.08. The number of esters is 2. The van der Waals surface area contributed by atoms with Gasteiger partial charge in [0.1, 0.15) is 0 Å². The molecule has 0 aromatic heterocycles. The van der Waals surface area contributed by atoms with Crippen LogP contribution in [0.3, 0.4) is 0 Å². The fraction of sp³-hybridized carbons (Fsp3) is 0.724. The first kappa shape index (κ1) is 31.2. The molecule has 33 heavy (non-hydrogen) atoms. The Morgan fingerprint density at radius 3 is 1.45 bits per heavy atom. The van der Waals surface area contributed by atoms with Crippen molar-refractivity contribution in [2.75, 3.05) is 13.2 Å². The van der Waals surface area contributed by atoms with Crippen molar-refractivity contribution in [3.8, 4) is 0 Å². The number of carbonyl (C=O) groups is 2. The van der Waals surface area contributed by atoms with Crippen molar-refractivity contribution < 1.29 is 19.1 Å². The molecule has 0 N–H and O–H groups in total. The number of ether oxygens (including phenoxy) is 2. The molecule has 4 heteroatoms. The Bertz CT molecular complexity index is 589. The van der Waals surface area contributed by atoms with E-state index in [-0.39, 0.29) is 19.4 Å². The van der Waals surface area contributed by atoms with E-state index in [0.717, 1.165) is 38.5 Å². The highest BCUT2D eigenvalue weighted by atomic mass is 16.5. The summed E-state index contributed by atoms with van der Waals surface area (Å²) in [6.45, 7) is 9.62. The van der Waals surface area contributed by atoms with E-state index < -0.39 is 0 Å². The van der Waals surface area contributed by atoms with E-state index in [0.29, 0.717) is 36.2 Å². The first-order valence-corrected chi connectivity index (χ1v) is 13.0. The van der Waals surface area contributed by atoms with E-state index in [1.165, 1.54) is 38.5 Å². The van der Waals surface area contributed by atoms with Crippen LogP contribution in [0, 0.1) is 11.8 Å². The molecule has 0 radical (unpaired) electrons. The van der Waals surface area contributed by atoms with Crippen LogP contribution in [0.1, 0.15) is 133 Å². The summed E-state index contributed by atoms with van der Waals surface area (Å²) in [5.74, 6) is 0.0954. The maximum atomic E-state index is 12.6. The third-order valence-corrected chi connectivity index (χ3v) is 6.06. The highest BCUT2D eigenvalue weighted by Gasteiger charge is 2.17. The second kappa shape index (κ2) is 19.6. The minimum atomic E-state index is -0.361. The Kier molecular flexibility index (Phi) is 18.5. The average molecular weight is 463 g/mol. The van der Waals surface area contributed by atoms with Crippen LogP contribution in [0.25, 0.3) is 0 Å². The lowest BCUT2D eigenvalue weighted by Gasteiger charge is -2.17. The summed E-state index contributed by atoms with van der Waals surface area (Å²) in [5.41, 5.74) is 0.827. The van der Waals surface area contributed by atoms with Gasteiger partial charge in [-0.25, -0.2) is 9.59 Å². The Balaban J connectivity index is 0.0000102. The molecule has 0 bridgehead atoms. The lowest BCUT2D eigenvalue weighted by atomic mass is 9.97. The summed E-state index contributed by atoms with van der Waals surface area (Å²) in [5, 5.41) is 0. The van der Waals surface area contributed by atoms with E-state index in [9.17, 15) is 9.59 Å². The van der Waals surface area contributed by atoms with E-state index in [1.807, 2.05) is 0 Å². The second-order valence-electron chi connectivity index (χ2n) is 9.08. The molecule has 1 rings (SSSR count). The summed E-state index contributed by atoms with van der Waals surface area (Å²) in [6, 6.07) is 6.73. The van der Waals surface area contributed by atoms with Crippen LogP contribution in [-0.4, -0.2) is 25.2 Å². The summed E-state index contributed by atoms with van der Waals surface area (Å²) in [7, 11) is 0. The molecular formula is C29H50O4. The minimum absolute atomic E-state index is 0. The third-order valence-electron chi connectivity index (χ3n) is 6.06. The molecule has 0 aliphatic rings. The molecule has 0 saturated carbocycles. The SMILES string of the molecule is C.CCCCCC(CCC)COC(=O)c1cccc(C(=O)OCC(CCC)CCCCC)c1. The fourth-order valence-electron chi connectivity index (χ4n) is 4.13. The topological polar surface area (TPSA) is 52.6 Å². The minimum Gasteiger partial charge on any atom is -0.462 e. The van der Waals surface area contributed by atoms with Gasteiger partial charge in [0, 0.05) is 0 Å². The molecular weight excluding hydrogens is 412 g/mol. The van der Waals surface area contributed by atoms with Crippen molar-refractivity contribution in [3.63, 3.8) is 0 Å². The number of rotatable bonds is 18. The molecule has 0 fully saturated rings. The van der Waals surface area contributed by atoms with E-state index in [1.54, 1.807) is 24.3 Å². The van der Waals surface area contributed by atoms with Crippen LogP contribution in [0.5, 0.6) is 0 Å². The van der Waals surface area contributed by atoms with Gasteiger partial charge in [-0.15, -0.1) is 0 Å². The van der Waals surface area contributed by atoms with E-state index >= 15 is 0 Å². The van der Waals surface area contributed by atoms with Gasteiger partial charge >= 0.3 is 11.9 Å². The van der Waals surface area contributed by atoms with E-state index in [4.69, 9.17) is 9.47 Å². The van der Waals surface area contributed by atoms with Gasteiger partial charge in [-0.05, 0) is 55.7 Å². The van der Waals surface area contributed by atoms with Crippen molar-refractivity contribution in [1.29, 1.82) is 0 Å². The standard InChI is InChI=1S/C28H46O4.CH4/c1-5-9-11-16-23(14-7-3)21-31-27(29)25-18-13-19-26(20-25)28(30)32-22-24(15-8-4)17-12-10-6-2;/h13,18-20,23-24H,5-12,14-17,21-22H2,1-4H3;1H4. The van der Waals surface area contributed by atoms with Gasteiger partial charge in [0.15, 0.2) is 0 Å². The number of benzene rings is 1. The molecule has 0 aliphatic heterocycles. The zero-order valence-corrected chi connectivity index (χ0v) is 21.0. The monoisotopic (exact) mass is 462 g/mol. The van der Waals surface area contributed by atoms with Gasteiger partial charge in [0.2, 0.25) is 0 Å². The predicted molar refractivity (Wildman–Crippen MR) is 139 cm³/mol. The van der Waals surface area contributed by atoms with Gasteiger partial charge in [-0.3, -0.25) is 0 Å². The zero-order chi connectivity index (χ0) is 23.6. The van der Waals surface area contributed by atoms with Crippen LogP contribution in [-0.2, 0) is 9.47 Å². The van der Waals surface area contributed by atoms with Crippen LogP contribution >= 0.6 is 0 Å². The molecule has 1 aromatic rings. The smallest absolute Gasteiger partial charge is 0.338 e. The van der Waals surface area contributed by atoms with Gasteiger partial charge in [-0.2, -0.15) is 0 Å². The number of unbranched alkanes of at least 4 members (excludes halogenated alkanes) is 4. The first-order chi connectivity index (χ1) is 15.5. The maximum Gasteiger partial charge on any atom is 0.338 e. The number of hydrogen-bond donors (Lipinski definition) is 0. The molecule has 2 unspecified atom stereocenters. The maximum absolute atomic E-state index is 12.6. The fourth-order valence-corrected chi connectivity index (χ4v) is 4.13. The average Bonchev–Trinajstić information content (AvgIpc) is 2.81. The van der Waals surface area contributed by atoms with Gasteiger partial charge < -0.3 is 9.47 Å². The van der Waals surface area contributed by atoms with Crippen LogP contribution in [0.15, 0.2) is 24.3 Å². The van der Waals surface area contributed by atoms with Crippen molar-refractivity contribution in [2.24, 2.45) is 11.8 Å². The third kappa shape index (κ3) is 13.5. The summed E-state index contributed by atoms with van der Waals surface area (Å²) < 4.78 is 11.2. The highest BCUT2D eigenvalue weighted by Crippen LogP contribution is 2.19. The highest BCUT2D eigenvalue weighted by molar-refractivity contribution is 5.95. The van der Waals surface area contributed by atoms with Crippen molar-refractivity contribution >= 4 is 11.9 Å². The molecule has 1 aromatic carbocycles. The number of hydrogen-bond acceptors (Lipinski definition) is 4. The molecule has 4 nitrogen and oxygen atoms in total. The normalized spacial score (nSPS) is 12.5. The van der Waals surface area contributed by atoms with Gasteiger partial charge in [0.05, 0.1) is 24.3 Å². The van der Waals surface area contributed by atoms with Crippen LogP contribution < -0.4 is 0 Å². The first-order valence-electron chi connectivity index (χ1n) is 13.0.